The van der Waals surface area contributed by atoms with Crippen molar-refractivity contribution in [2.24, 2.45) is 0 Å². The first-order valence-corrected chi connectivity index (χ1v) is 4.86. The third-order valence-electron chi connectivity index (χ3n) is 2.32. The molecule has 1 saturated heterocycles. The third kappa shape index (κ3) is 2.87. The summed E-state index contributed by atoms with van der Waals surface area (Å²) >= 11 is 0. The number of hydrogen-bond acceptors (Lipinski definition) is 2. The van der Waals surface area contributed by atoms with E-state index in [-0.39, 0.29) is 23.9 Å². The van der Waals surface area contributed by atoms with E-state index in [0.29, 0.717) is 6.42 Å². The summed E-state index contributed by atoms with van der Waals surface area (Å²) < 4.78 is 0. The molecule has 0 aromatic carbocycles. The molecule has 14 heavy (non-hydrogen) atoms. The van der Waals surface area contributed by atoms with E-state index < -0.39 is 0 Å². The van der Waals surface area contributed by atoms with Gasteiger partial charge in [-0.05, 0) is 26.3 Å². The Labute approximate surface area is 83.8 Å². The van der Waals surface area contributed by atoms with Crippen LogP contribution in [0.25, 0.3) is 0 Å². The number of hydrogen-bond donors (Lipinski definition) is 2. The number of nitrogens with one attached hydrogen (secondary N) is 2. The first kappa shape index (κ1) is 10.8. The van der Waals surface area contributed by atoms with Crippen molar-refractivity contribution in [2.45, 2.75) is 38.8 Å². The molecule has 0 bridgehead atoms. The first-order valence-electron chi connectivity index (χ1n) is 4.86. The van der Waals surface area contributed by atoms with E-state index in [1.807, 2.05) is 6.92 Å². The lowest BCUT2D eigenvalue weighted by Gasteiger charge is -2.29. The van der Waals surface area contributed by atoms with Crippen LogP contribution in [0.5, 0.6) is 0 Å². The van der Waals surface area contributed by atoms with Crippen molar-refractivity contribution in [3.05, 3.63) is 12.2 Å². The lowest BCUT2D eigenvalue weighted by molar-refractivity contribution is -0.125. The summed E-state index contributed by atoms with van der Waals surface area (Å²) in [5.41, 5.74) is 0. The summed E-state index contributed by atoms with van der Waals surface area (Å²) in [6.45, 7) is 3.70. The number of carbonyl (C=O) groups excluding carboxylic acids is 2. The van der Waals surface area contributed by atoms with Crippen LogP contribution in [-0.4, -0.2) is 23.9 Å². The minimum absolute atomic E-state index is 0.0189. The molecular weight excluding hydrogens is 180 g/mol. The molecule has 1 aliphatic rings. The van der Waals surface area contributed by atoms with Gasteiger partial charge in [-0.15, -0.1) is 0 Å². The molecule has 0 aromatic rings. The molecule has 0 aromatic heterocycles. The maximum atomic E-state index is 11.2. The van der Waals surface area contributed by atoms with Gasteiger partial charge in [0.25, 0.3) is 0 Å². The highest BCUT2D eigenvalue weighted by Crippen LogP contribution is 2.08. The Morgan fingerprint density at radius 3 is 2.93 bits per heavy atom. The van der Waals surface area contributed by atoms with E-state index in [1.54, 1.807) is 13.0 Å². The summed E-state index contributed by atoms with van der Waals surface area (Å²) in [5, 5.41) is 5.65. The van der Waals surface area contributed by atoms with Crippen LogP contribution in [-0.2, 0) is 9.59 Å². The highest BCUT2D eigenvalue weighted by Gasteiger charge is 2.25. The molecule has 2 amide bonds. The van der Waals surface area contributed by atoms with Gasteiger partial charge in [-0.2, -0.15) is 0 Å². The zero-order valence-corrected chi connectivity index (χ0v) is 8.54. The Kier molecular flexibility index (Phi) is 3.68. The van der Waals surface area contributed by atoms with Crippen molar-refractivity contribution in [3.8, 4) is 0 Å². The molecule has 1 rings (SSSR count). The summed E-state index contributed by atoms with van der Waals surface area (Å²) in [6, 6.07) is 0.0712. The molecular formula is C10H16N2O2. The van der Waals surface area contributed by atoms with Crippen molar-refractivity contribution in [3.63, 3.8) is 0 Å². The Hall–Kier alpha value is -1.32. The molecule has 1 fully saturated rings. The number of piperidine rings is 1. The predicted octanol–water partition coefficient (Wildman–Crippen LogP) is 0.346. The van der Waals surface area contributed by atoms with Crippen LogP contribution in [0.4, 0.5) is 0 Å². The van der Waals surface area contributed by atoms with E-state index in [4.69, 9.17) is 0 Å². The van der Waals surface area contributed by atoms with Gasteiger partial charge in [0, 0.05) is 18.5 Å². The molecule has 0 aliphatic carbocycles. The average molecular weight is 196 g/mol. The SMILES string of the molecule is C/C=C/C(=O)NC1CCC(=O)NC1C. The monoisotopic (exact) mass is 196 g/mol. The summed E-state index contributed by atoms with van der Waals surface area (Å²) in [7, 11) is 0. The van der Waals surface area contributed by atoms with Gasteiger partial charge >= 0.3 is 0 Å². The van der Waals surface area contributed by atoms with Crippen molar-refractivity contribution in [1.82, 2.24) is 10.6 Å². The fourth-order valence-corrected chi connectivity index (χ4v) is 1.54. The van der Waals surface area contributed by atoms with Gasteiger partial charge in [0.15, 0.2) is 0 Å². The second-order valence-corrected chi connectivity index (χ2v) is 3.51. The molecule has 78 valence electrons. The molecule has 4 nitrogen and oxygen atoms in total. The van der Waals surface area contributed by atoms with Crippen LogP contribution < -0.4 is 10.6 Å². The number of amides is 2. The van der Waals surface area contributed by atoms with Crippen LogP contribution in [0, 0.1) is 0 Å². The van der Waals surface area contributed by atoms with E-state index in [9.17, 15) is 9.59 Å². The van der Waals surface area contributed by atoms with Crippen molar-refractivity contribution in [1.29, 1.82) is 0 Å². The van der Waals surface area contributed by atoms with Gasteiger partial charge in [-0.3, -0.25) is 9.59 Å². The normalized spacial score (nSPS) is 27.4. The maximum Gasteiger partial charge on any atom is 0.243 e. The summed E-state index contributed by atoms with van der Waals surface area (Å²) in [6.07, 6.45) is 4.39. The highest BCUT2D eigenvalue weighted by molar-refractivity contribution is 5.88. The quantitative estimate of drug-likeness (QED) is 0.626. The maximum absolute atomic E-state index is 11.2. The van der Waals surface area contributed by atoms with Crippen LogP contribution in [0.3, 0.4) is 0 Å². The average Bonchev–Trinajstić information content (AvgIpc) is 2.10. The first-order chi connectivity index (χ1) is 6.63. The van der Waals surface area contributed by atoms with Gasteiger partial charge in [-0.1, -0.05) is 6.08 Å². The number of carbonyl (C=O) groups is 2. The Bertz CT molecular complexity index is 261. The number of rotatable bonds is 2. The van der Waals surface area contributed by atoms with Crippen LogP contribution in [0.1, 0.15) is 26.7 Å². The van der Waals surface area contributed by atoms with Crippen molar-refractivity contribution >= 4 is 11.8 Å². The van der Waals surface area contributed by atoms with E-state index in [0.717, 1.165) is 6.42 Å². The Balaban J connectivity index is 2.45. The largest absolute Gasteiger partial charge is 0.352 e. The lowest BCUT2D eigenvalue weighted by Crippen LogP contribution is -2.53. The third-order valence-corrected chi connectivity index (χ3v) is 2.32. The molecule has 0 spiro atoms. The number of allylic oxidation sites excluding steroid dienone is 1. The zero-order chi connectivity index (χ0) is 10.6. The molecule has 2 atom stereocenters. The topological polar surface area (TPSA) is 58.2 Å². The summed E-state index contributed by atoms with van der Waals surface area (Å²) in [5.74, 6) is -0.0328. The van der Waals surface area contributed by atoms with Gasteiger partial charge in [-0.25, -0.2) is 0 Å². The smallest absolute Gasteiger partial charge is 0.243 e. The standard InChI is InChI=1S/C10H16N2O2/c1-3-4-9(13)12-8-5-6-10(14)11-7(8)2/h3-4,7-8H,5-6H2,1-2H3,(H,11,14)(H,12,13)/b4-3+. The molecule has 2 N–H and O–H groups in total. The minimum atomic E-state index is -0.0968. The van der Waals surface area contributed by atoms with Gasteiger partial charge in [0.2, 0.25) is 11.8 Å². The molecule has 1 heterocycles. The zero-order valence-electron chi connectivity index (χ0n) is 8.54. The molecule has 0 saturated carbocycles. The van der Waals surface area contributed by atoms with Gasteiger partial charge < -0.3 is 10.6 Å². The minimum Gasteiger partial charge on any atom is -0.352 e. The molecule has 1 aliphatic heterocycles. The second kappa shape index (κ2) is 4.79. The fourth-order valence-electron chi connectivity index (χ4n) is 1.54. The Morgan fingerprint density at radius 2 is 2.36 bits per heavy atom. The van der Waals surface area contributed by atoms with Gasteiger partial charge in [0.05, 0.1) is 0 Å². The summed E-state index contributed by atoms with van der Waals surface area (Å²) in [4.78, 5) is 22.2. The molecule has 0 radical (unpaired) electrons. The van der Waals surface area contributed by atoms with Crippen LogP contribution in [0.2, 0.25) is 0 Å². The second-order valence-electron chi connectivity index (χ2n) is 3.51. The van der Waals surface area contributed by atoms with E-state index in [2.05, 4.69) is 10.6 Å². The van der Waals surface area contributed by atoms with Crippen molar-refractivity contribution < 1.29 is 9.59 Å². The molecule has 2 unspecified atom stereocenters. The van der Waals surface area contributed by atoms with Gasteiger partial charge in [0.1, 0.15) is 0 Å². The van der Waals surface area contributed by atoms with E-state index >= 15 is 0 Å². The molecule has 4 heteroatoms. The fraction of sp³-hybridized carbons (Fsp3) is 0.600. The van der Waals surface area contributed by atoms with Crippen molar-refractivity contribution in [2.75, 3.05) is 0 Å². The van der Waals surface area contributed by atoms with Crippen LogP contribution in [0.15, 0.2) is 12.2 Å². The van der Waals surface area contributed by atoms with E-state index in [1.165, 1.54) is 6.08 Å². The lowest BCUT2D eigenvalue weighted by atomic mass is 9.99. The van der Waals surface area contributed by atoms with Crippen LogP contribution >= 0.6 is 0 Å². The highest BCUT2D eigenvalue weighted by atomic mass is 16.2. The predicted molar refractivity (Wildman–Crippen MR) is 53.6 cm³/mol. The Morgan fingerprint density at radius 1 is 1.64 bits per heavy atom.